The number of thiazole rings is 1. The van der Waals surface area contributed by atoms with Crippen molar-refractivity contribution in [2.75, 3.05) is 6.61 Å². The van der Waals surface area contributed by atoms with Gasteiger partial charge >= 0.3 is 5.97 Å². The first-order chi connectivity index (χ1) is 12.0. The van der Waals surface area contributed by atoms with E-state index in [-0.39, 0.29) is 13.2 Å². The average Bonchev–Trinajstić information content (AvgIpc) is 3.12. The summed E-state index contributed by atoms with van der Waals surface area (Å²) in [4.78, 5) is 29.2. The number of amides is 1. The minimum atomic E-state index is -0.445. The molecule has 130 valence electrons. The highest BCUT2D eigenvalue weighted by Crippen LogP contribution is 2.23. The molecule has 1 aromatic carbocycles. The van der Waals surface area contributed by atoms with Crippen LogP contribution in [-0.4, -0.2) is 23.1 Å². The molecule has 3 aromatic rings. The van der Waals surface area contributed by atoms with E-state index in [9.17, 15) is 14.0 Å². The van der Waals surface area contributed by atoms with E-state index in [1.165, 1.54) is 23.5 Å². The van der Waals surface area contributed by atoms with Crippen LogP contribution in [0.25, 0.3) is 10.2 Å². The molecule has 0 spiro atoms. The summed E-state index contributed by atoms with van der Waals surface area (Å²) in [6.45, 7) is 1.87. The molecule has 0 fully saturated rings. The molecular weight excluding hydrogens is 431 g/mol. The Morgan fingerprint density at radius 2 is 2.08 bits per heavy atom. The van der Waals surface area contributed by atoms with E-state index in [0.717, 1.165) is 15.1 Å². The molecule has 0 bridgehead atoms. The van der Waals surface area contributed by atoms with Crippen molar-refractivity contribution in [1.82, 2.24) is 4.57 Å². The largest absolute Gasteiger partial charge is 0.465 e. The highest BCUT2D eigenvalue weighted by Gasteiger charge is 2.14. The summed E-state index contributed by atoms with van der Waals surface area (Å²) in [7, 11) is 0. The van der Waals surface area contributed by atoms with Crippen molar-refractivity contribution in [1.29, 1.82) is 0 Å². The molecule has 0 atom stereocenters. The van der Waals surface area contributed by atoms with Crippen LogP contribution in [0.4, 0.5) is 4.39 Å². The van der Waals surface area contributed by atoms with E-state index in [1.54, 1.807) is 29.7 Å². The molecule has 0 radical (unpaired) electrons. The van der Waals surface area contributed by atoms with Gasteiger partial charge in [0.15, 0.2) is 4.80 Å². The van der Waals surface area contributed by atoms with Gasteiger partial charge in [-0.15, -0.1) is 11.3 Å². The number of carbonyl (C=O) groups excluding carboxylic acids is 2. The molecule has 0 aliphatic carbocycles. The smallest absolute Gasteiger partial charge is 0.326 e. The maximum Gasteiger partial charge on any atom is 0.326 e. The van der Waals surface area contributed by atoms with Gasteiger partial charge in [-0.3, -0.25) is 9.59 Å². The Morgan fingerprint density at radius 1 is 1.28 bits per heavy atom. The van der Waals surface area contributed by atoms with E-state index in [4.69, 9.17) is 4.74 Å². The second kappa shape index (κ2) is 7.59. The summed E-state index contributed by atoms with van der Waals surface area (Å²) in [6.07, 6.45) is 0. The Morgan fingerprint density at radius 3 is 2.76 bits per heavy atom. The molecule has 2 aromatic heterocycles. The lowest BCUT2D eigenvalue weighted by Gasteiger charge is -2.04. The van der Waals surface area contributed by atoms with Crippen LogP contribution in [0.1, 0.15) is 16.6 Å². The van der Waals surface area contributed by atoms with Gasteiger partial charge < -0.3 is 9.30 Å². The summed E-state index contributed by atoms with van der Waals surface area (Å²) in [5, 5.41) is 0. The maximum absolute atomic E-state index is 13.5. The first kappa shape index (κ1) is 18.0. The third-order valence-electron chi connectivity index (χ3n) is 3.22. The van der Waals surface area contributed by atoms with Crippen LogP contribution in [0.2, 0.25) is 0 Å². The van der Waals surface area contributed by atoms with Crippen molar-refractivity contribution in [2.45, 2.75) is 13.5 Å². The van der Waals surface area contributed by atoms with Crippen molar-refractivity contribution in [3.8, 4) is 0 Å². The zero-order valence-electron chi connectivity index (χ0n) is 13.0. The van der Waals surface area contributed by atoms with Crippen molar-refractivity contribution >= 4 is 60.7 Å². The molecule has 1 amide bonds. The van der Waals surface area contributed by atoms with E-state index >= 15 is 0 Å². The number of fused-ring (bicyclic) bond motifs is 1. The van der Waals surface area contributed by atoms with Gasteiger partial charge in [0.25, 0.3) is 5.91 Å². The Bertz CT molecular complexity index is 1020. The third-order valence-corrected chi connectivity index (χ3v) is 5.87. The summed E-state index contributed by atoms with van der Waals surface area (Å²) < 4.78 is 21.5. The Kier molecular flexibility index (Phi) is 5.45. The van der Waals surface area contributed by atoms with Crippen molar-refractivity contribution in [3.63, 3.8) is 0 Å². The summed E-state index contributed by atoms with van der Waals surface area (Å²) in [5.41, 5.74) is 0.623. The lowest BCUT2D eigenvalue weighted by atomic mass is 10.3. The number of carbonyl (C=O) groups is 2. The van der Waals surface area contributed by atoms with E-state index in [1.807, 2.05) is 0 Å². The van der Waals surface area contributed by atoms with Gasteiger partial charge in [0.05, 0.1) is 25.5 Å². The molecule has 3 rings (SSSR count). The fourth-order valence-electron chi connectivity index (χ4n) is 2.19. The van der Waals surface area contributed by atoms with Gasteiger partial charge in [-0.2, -0.15) is 4.99 Å². The molecular formula is C16H12BrFN2O3S2. The molecule has 2 heterocycles. The topological polar surface area (TPSA) is 60.7 Å². The highest BCUT2D eigenvalue weighted by atomic mass is 79.9. The molecule has 25 heavy (non-hydrogen) atoms. The van der Waals surface area contributed by atoms with Crippen molar-refractivity contribution in [2.24, 2.45) is 4.99 Å². The van der Waals surface area contributed by atoms with Crippen molar-refractivity contribution in [3.05, 3.63) is 49.6 Å². The van der Waals surface area contributed by atoms with Gasteiger partial charge in [0.2, 0.25) is 0 Å². The van der Waals surface area contributed by atoms with E-state index in [2.05, 4.69) is 20.9 Å². The Balaban J connectivity index is 2.10. The average molecular weight is 443 g/mol. The number of hydrogen-bond donors (Lipinski definition) is 0. The minimum absolute atomic E-state index is 0.0975. The second-order valence-corrected chi connectivity index (χ2v) is 8.38. The highest BCUT2D eigenvalue weighted by molar-refractivity contribution is 9.11. The number of benzene rings is 1. The van der Waals surface area contributed by atoms with Crippen molar-refractivity contribution < 1.29 is 18.7 Å². The van der Waals surface area contributed by atoms with Gasteiger partial charge in [-0.1, -0.05) is 11.3 Å². The number of esters is 1. The summed E-state index contributed by atoms with van der Waals surface area (Å²) in [5.74, 6) is -1.25. The summed E-state index contributed by atoms with van der Waals surface area (Å²) in [6, 6.07) is 7.65. The maximum atomic E-state index is 13.5. The number of halogens is 2. The zero-order chi connectivity index (χ0) is 18.0. The van der Waals surface area contributed by atoms with Crippen LogP contribution in [-0.2, 0) is 16.1 Å². The standard InChI is InChI=1S/C16H12BrFN2O3S2/c1-2-23-14(21)8-20-10-4-3-9(18)7-12(10)25-16(20)19-15(22)11-5-6-13(17)24-11/h3-7H,2,8H2,1H3. The molecule has 0 N–H and O–H groups in total. The number of nitrogens with zero attached hydrogens (tertiary/aromatic N) is 2. The SMILES string of the molecule is CCOC(=O)Cn1c(=NC(=O)c2ccc(Br)s2)sc2cc(F)ccc21. The Hall–Kier alpha value is -1.84. The van der Waals surface area contributed by atoms with Crippen LogP contribution < -0.4 is 4.80 Å². The third kappa shape index (κ3) is 4.05. The first-order valence-corrected chi connectivity index (χ1v) is 9.69. The molecule has 0 aliphatic heterocycles. The second-order valence-electron chi connectivity index (χ2n) is 4.91. The first-order valence-electron chi connectivity index (χ1n) is 7.27. The van der Waals surface area contributed by atoms with Crippen LogP contribution in [0.3, 0.4) is 0 Å². The number of rotatable bonds is 4. The fourth-order valence-corrected chi connectivity index (χ4v) is 4.52. The van der Waals surface area contributed by atoms with Gasteiger partial charge in [-0.25, -0.2) is 4.39 Å². The van der Waals surface area contributed by atoms with Crippen LogP contribution in [0.5, 0.6) is 0 Å². The van der Waals surface area contributed by atoms with E-state index < -0.39 is 17.7 Å². The van der Waals surface area contributed by atoms with Crippen LogP contribution in [0.15, 0.2) is 39.1 Å². The molecule has 9 heteroatoms. The zero-order valence-corrected chi connectivity index (χ0v) is 16.2. The Labute approximate surface area is 158 Å². The lowest BCUT2D eigenvalue weighted by molar-refractivity contribution is -0.143. The van der Waals surface area contributed by atoms with E-state index in [0.29, 0.717) is 19.9 Å². The lowest BCUT2D eigenvalue weighted by Crippen LogP contribution is -2.23. The number of aromatic nitrogens is 1. The normalized spacial score (nSPS) is 11.9. The molecule has 0 saturated heterocycles. The fraction of sp³-hybridized carbons (Fsp3) is 0.188. The summed E-state index contributed by atoms with van der Waals surface area (Å²) >= 11 is 5.72. The minimum Gasteiger partial charge on any atom is -0.465 e. The molecule has 0 aliphatic rings. The molecule has 0 saturated carbocycles. The number of thiophene rings is 1. The number of hydrogen-bond acceptors (Lipinski definition) is 5. The number of ether oxygens (including phenoxy) is 1. The quantitative estimate of drug-likeness (QED) is 0.574. The van der Waals surface area contributed by atoms with Crippen LogP contribution >= 0.6 is 38.6 Å². The predicted molar refractivity (Wildman–Crippen MR) is 98.3 cm³/mol. The van der Waals surface area contributed by atoms with Gasteiger partial charge in [0.1, 0.15) is 12.4 Å². The van der Waals surface area contributed by atoms with Gasteiger partial charge in [-0.05, 0) is 53.2 Å². The van der Waals surface area contributed by atoms with Crippen LogP contribution in [0, 0.1) is 5.82 Å². The predicted octanol–water partition coefficient (Wildman–Crippen LogP) is 3.97. The molecule has 0 unspecified atom stereocenters. The van der Waals surface area contributed by atoms with Gasteiger partial charge in [0, 0.05) is 0 Å². The monoisotopic (exact) mass is 442 g/mol. The molecule has 5 nitrogen and oxygen atoms in total.